The van der Waals surface area contributed by atoms with E-state index in [1.54, 1.807) is 6.07 Å². The second-order valence-electron chi connectivity index (χ2n) is 3.45. The molecule has 0 atom stereocenters. The number of benzene rings is 1. The molecule has 0 aliphatic carbocycles. The molecule has 0 radical (unpaired) electrons. The average Bonchev–Trinajstić information content (AvgIpc) is 2.62. The largest absolute Gasteiger partial charge is 0.350 e. The molecule has 1 aromatic carbocycles. The van der Waals surface area contributed by atoms with E-state index in [0.29, 0.717) is 19.6 Å². The summed E-state index contributed by atoms with van der Waals surface area (Å²) in [6.45, 7) is 3.21. The third-order valence-corrected chi connectivity index (χ3v) is 2.38. The number of rotatable bonds is 2. The van der Waals surface area contributed by atoms with Gasteiger partial charge in [-0.15, -0.1) is 0 Å². The Kier molecular flexibility index (Phi) is 2.79. The lowest BCUT2D eigenvalue weighted by Crippen LogP contribution is -2.12. The quantitative estimate of drug-likeness (QED) is 0.720. The highest BCUT2D eigenvalue weighted by molar-refractivity contribution is 5.26. The molecule has 1 aromatic rings. The molecule has 2 rings (SSSR count). The summed E-state index contributed by atoms with van der Waals surface area (Å²) in [5.74, 6) is -0.195. The van der Waals surface area contributed by atoms with E-state index in [9.17, 15) is 4.39 Å². The Morgan fingerprint density at radius 3 is 2.71 bits per heavy atom. The fraction of sp³-hybridized carbons (Fsp3) is 0.455. The van der Waals surface area contributed by atoms with Crippen molar-refractivity contribution in [3.05, 3.63) is 35.1 Å². The molecule has 0 amide bonds. The molecule has 0 N–H and O–H groups in total. The van der Waals surface area contributed by atoms with Crippen molar-refractivity contribution in [3.8, 4) is 0 Å². The zero-order valence-corrected chi connectivity index (χ0v) is 8.13. The van der Waals surface area contributed by atoms with Crippen LogP contribution in [-0.2, 0) is 15.9 Å². The van der Waals surface area contributed by atoms with Crippen molar-refractivity contribution in [1.82, 2.24) is 0 Å². The van der Waals surface area contributed by atoms with Crippen LogP contribution >= 0.6 is 0 Å². The van der Waals surface area contributed by atoms with Crippen LogP contribution in [0.25, 0.3) is 0 Å². The Hall–Kier alpha value is -0.930. The third-order valence-electron chi connectivity index (χ3n) is 2.38. The minimum atomic E-state index is -0.195. The van der Waals surface area contributed by atoms with E-state index >= 15 is 0 Å². The highest BCUT2D eigenvalue weighted by atomic mass is 19.1. The van der Waals surface area contributed by atoms with E-state index in [-0.39, 0.29) is 12.1 Å². The first kappa shape index (κ1) is 9.62. The fourth-order valence-corrected chi connectivity index (χ4v) is 1.59. The summed E-state index contributed by atoms with van der Waals surface area (Å²) in [7, 11) is 0. The van der Waals surface area contributed by atoms with E-state index < -0.39 is 0 Å². The Morgan fingerprint density at radius 1 is 1.36 bits per heavy atom. The van der Waals surface area contributed by atoms with Gasteiger partial charge in [0.2, 0.25) is 0 Å². The molecule has 1 heterocycles. The monoisotopic (exact) mass is 196 g/mol. The minimum Gasteiger partial charge on any atom is -0.350 e. The van der Waals surface area contributed by atoms with Crippen LogP contribution in [0.3, 0.4) is 0 Å². The number of aryl methyl sites for hydroxylation is 1. The average molecular weight is 196 g/mol. The van der Waals surface area contributed by atoms with Gasteiger partial charge in [-0.05, 0) is 30.2 Å². The van der Waals surface area contributed by atoms with Gasteiger partial charge >= 0.3 is 0 Å². The minimum absolute atomic E-state index is 0.154. The fourth-order valence-electron chi connectivity index (χ4n) is 1.59. The summed E-state index contributed by atoms with van der Waals surface area (Å²) in [6.07, 6.45) is 0.547. The van der Waals surface area contributed by atoms with Crippen LogP contribution in [0.2, 0.25) is 0 Å². The molecule has 2 nitrogen and oxygen atoms in total. The van der Waals surface area contributed by atoms with Gasteiger partial charge in [-0.25, -0.2) is 4.39 Å². The van der Waals surface area contributed by atoms with E-state index in [0.717, 1.165) is 11.1 Å². The predicted octanol–water partition coefficient (Wildman–Crippen LogP) is 2.05. The van der Waals surface area contributed by atoms with Crippen molar-refractivity contribution >= 4 is 0 Å². The van der Waals surface area contributed by atoms with Gasteiger partial charge in [-0.3, -0.25) is 0 Å². The Morgan fingerprint density at radius 2 is 2.07 bits per heavy atom. The van der Waals surface area contributed by atoms with Gasteiger partial charge < -0.3 is 9.47 Å². The molecule has 1 aliphatic rings. The number of halogens is 1. The molecular weight excluding hydrogens is 183 g/mol. The maximum Gasteiger partial charge on any atom is 0.161 e. The van der Waals surface area contributed by atoms with Crippen LogP contribution < -0.4 is 0 Å². The molecule has 0 bridgehead atoms. The normalized spacial score (nSPS) is 17.6. The third kappa shape index (κ3) is 2.11. The van der Waals surface area contributed by atoms with Crippen LogP contribution in [-0.4, -0.2) is 19.5 Å². The van der Waals surface area contributed by atoms with Crippen LogP contribution in [0.1, 0.15) is 11.1 Å². The van der Waals surface area contributed by atoms with Crippen LogP contribution in [0, 0.1) is 12.7 Å². The molecule has 1 aliphatic heterocycles. The van der Waals surface area contributed by atoms with Crippen molar-refractivity contribution in [1.29, 1.82) is 0 Å². The first-order chi connectivity index (χ1) is 6.75. The lowest BCUT2D eigenvalue weighted by Gasteiger charge is -2.10. The van der Waals surface area contributed by atoms with Crippen molar-refractivity contribution in [3.63, 3.8) is 0 Å². The van der Waals surface area contributed by atoms with Gasteiger partial charge in [-0.1, -0.05) is 6.07 Å². The second kappa shape index (κ2) is 4.07. The Labute approximate surface area is 82.6 Å². The maximum atomic E-state index is 12.8. The zero-order valence-electron chi connectivity index (χ0n) is 8.13. The molecule has 1 fully saturated rings. The van der Waals surface area contributed by atoms with E-state index in [2.05, 4.69) is 0 Å². The van der Waals surface area contributed by atoms with E-state index in [1.807, 2.05) is 6.92 Å². The maximum absolute atomic E-state index is 12.8. The van der Waals surface area contributed by atoms with Gasteiger partial charge in [-0.2, -0.15) is 0 Å². The van der Waals surface area contributed by atoms with Gasteiger partial charge in [0.15, 0.2) is 6.29 Å². The van der Waals surface area contributed by atoms with Gasteiger partial charge in [0.1, 0.15) is 5.82 Å². The smallest absolute Gasteiger partial charge is 0.161 e. The predicted molar refractivity (Wildman–Crippen MR) is 50.5 cm³/mol. The van der Waals surface area contributed by atoms with Crippen molar-refractivity contribution in [2.45, 2.75) is 19.6 Å². The van der Waals surface area contributed by atoms with Gasteiger partial charge in [0.05, 0.1) is 13.2 Å². The molecular formula is C11H13FO2. The van der Waals surface area contributed by atoms with Gasteiger partial charge in [0, 0.05) is 6.42 Å². The second-order valence-corrected chi connectivity index (χ2v) is 3.45. The Balaban J connectivity index is 2.08. The van der Waals surface area contributed by atoms with Crippen LogP contribution in [0.5, 0.6) is 0 Å². The lowest BCUT2D eigenvalue weighted by atomic mass is 10.1. The van der Waals surface area contributed by atoms with Gasteiger partial charge in [0.25, 0.3) is 0 Å². The Bertz CT molecular complexity index is 319. The highest BCUT2D eigenvalue weighted by Gasteiger charge is 2.17. The lowest BCUT2D eigenvalue weighted by molar-refractivity contribution is -0.0401. The van der Waals surface area contributed by atoms with Crippen LogP contribution in [0.15, 0.2) is 18.2 Å². The standard InChI is InChI=1S/C11H13FO2/c1-8-6-10(12)3-2-9(8)7-11-13-4-5-14-11/h2-3,6,11H,4-5,7H2,1H3. The molecule has 3 heteroatoms. The zero-order chi connectivity index (χ0) is 9.97. The van der Waals surface area contributed by atoms with E-state index in [1.165, 1.54) is 12.1 Å². The van der Waals surface area contributed by atoms with E-state index in [4.69, 9.17) is 9.47 Å². The number of ether oxygens (including phenoxy) is 2. The first-order valence-corrected chi connectivity index (χ1v) is 4.74. The topological polar surface area (TPSA) is 18.5 Å². The molecule has 0 spiro atoms. The van der Waals surface area contributed by atoms with Crippen molar-refractivity contribution in [2.24, 2.45) is 0 Å². The van der Waals surface area contributed by atoms with Crippen molar-refractivity contribution in [2.75, 3.05) is 13.2 Å². The summed E-state index contributed by atoms with van der Waals surface area (Å²) in [4.78, 5) is 0. The molecule has 14 heavy (non-hydrogen) atoms. The number of hydrogen-bond acceptors (Lipinski definition) is 2. The number of hydrogen-bond donors (Lipinski definition) is 0. The molecule has 0 aromatic heterocycles. The highest BCUT2D eigenvalue weighted by Crippen LogP contribution is 2.16. The molecule has 0 unspecified atom stereocenters. The summed E-state index contributed by atoms with van der Waals surface area (Å²) in [5, 5.41) is 0. The summed E-state index contributed by atoms with van der Waals surface area (Å²) in [5.41, 5.74) is 2.03. The van der Waals surface area contributed by atoms with Crippen molar-refractivity contribution < 1.29 is 13.9 Å². The SMILES string of the molecule is Cc1cc(F)ccc1CC1OCCO1. The van der Waals surface area contributed by atoms with Crippen LogP contribution in [0.4, 0.5) is 4.39 Å². The first-order valence-electron chi connectivity index (χ1n) is 4.74. The molecule has 76 valence electrons. The molecule has 1 saturated heterocycles. The summed E-state index contributed by atoms with van der Waals surface area (Å²) < 4.78 is 23.5. The molecule has 0 saturated carbocycles. The summed E-state index contributed by atoms with van der Waals surface area (Å²) >= 11 is 0. The summed E-state index contributed by atoms with van der Waals surface area (Å²) in [6, 6.07) is 4.79.